The van der Waals surface area contributed by atoms with Crippen molar-refractivity contribution in [2.45, 2.75) is 6.42 Å². The summed E-state index contributed by atoms with van der Waals surface area (Å²) in [6.45, 7) is 0. The minimum Gasteiger partial charge on any atom is -0.508 e. The number of rotatable bonds is 3. The molecule has 1 N–H and O–H groups in total. The van der Waals surface area contributed by atoms with E-state index >= 15 is 0 Å². The number of benzene rings is 2. The van der Waals surface area contributed by atoms with Crippen molar-refractivity contribution in [2.75, 3.05) is 0 Å². The topological polar surface area (TPSA) is 59.2 Å². The van der Waals surface area contributed by atoms with E-state index in [0.717, 1.165) is 11.1 Å². The van der Waals surface area contributed by atoms with Crippen molar-refractivity contribution in [1.82, 2.24) is 10.1 Å². The maximum atomic E-state index is 9.24. The van der Waals surface area contributed by atoms with Crippen molar-refractivity contribution in [2.24, 2.45) is 0 Å². The fourth-order valence-electron chi connectivity index (χ4n) is 1.83. The first-order chi connectivity index (χ1) is 9.31. The first kappa shape index (κ1) is 11.5. The summed E-state index contributed by atoms with van der Waals surface area (Å²) in [7, 11) is 0. The van der Waals surface area contributed by atoms with E-state index in [0.29, 0.717) is 18.1 Å². The molecule has 0 aliphatic heterocycles. The second kappa shape index (κ2) is 4.94. The van der Waals surface area contributed by atoms with Crippen molar-refractivity contribution < 1.29 is 9.63 Å². The quantitative estimate of drug-likeness (QED) is 0.778. The van der Waals surface area contributed by atoms with Gasteiger partial charge in [-0.3, -0.25) is 0 Å². The average Bonchev–Trinajstić information content (AvgIpc) is 2.89. The van der Waals surface area contributed by atoms with Crippen molar-refractivity contribution in [3.63, 3.8) is 0 Å². The van der Waals surface area contributed by atoms with Crippen LogP contribution < -0.4 is 0 Å². The summed E-state index contributed by atoms with van der Waals surface area (Å²) in [6.07, 6.45) is 0.641. The number of phenolic OH excluding ortho intramolecular Hbond substituents is 1. The van der Waals surface area contributed by atoms with Gasteiger partial charge < -0.3 is 9.63 Å². The summed E-state index contributed by atoms with van der Waals surface area (Å²) in [4.78, 5) is 4.35. The second-order valence-corrected chi connectivity index (χ2v) is 4.23. The highest BCUT2D eigenvalue weighted by Gasteiger charge is 2.09. The Hall–Kier alpha value is -2.62. The van der Waals surface area contributed by atoms with Gasteiger partial charge in [0.05, 0.1) is 0 Å². The molecular formula is C15H12N2O2. The monoisotopic (exact) mass is 252 g/mol. The molecule has 0 saturated carbocycles. The van der Waals surface area contributed by atoms with E-state index in [1.165, 1.54) is 0 Å². The Morgan fingerprint density at radius 1 is 0.947 bits per heavy atom. The van der Waals surface area contributed by atoms with Crippen LogP contribution in [-0.4, -0.2) is 15.2 Å². The molecule has 3 aromatic rings. The summed E-state index contributed by atoms with van der Waals surface area (Å²) >= 11 is 0. The fourth-order valence-corrected chi connectivity index (χ4v) is 1.83. The number of aromatic hydroxyl groups is 1. The minimum absolute atomic E-state index is 0.216. The van der Waals surface area contributed by atoms with Gasteiger partial charge in [0.1, 0.15) is 5.75 Å². The Labute approximate surface area is 110 Å². The fraction of sp³-hybridized carbons (Fsp3) is 0.0667. The normalized spacial score (nSPS) is 10.5. The molecule has 0 aliphatic carbocycles. The van der Waals surface area contributed by atoms with Gasteiger partial charge in [-0.25, -0.2) is 0 Å². The maximum absolute atomic E-state index is 9.24. The molecule has 0 unspecified atom stereocenters. The number of aromatic nitrogens is 2. The maximum Gasteiger partial charge on any atom is 0.257 e. The van der Waals surface area contributed by atoms with Gasteiger partial charge in [-0.2, -0.15) is 4.98 Å². The molecule has 0 spiro atoms. The van der Waals surface area contributed by atoms with Gasteiger partial charge in [-0.1, -0.05) is 35.5 Å². The van der Waals surface area contributed by atoms with Gasteiger partial charge in [-0.15, -0.1) is 0 Å². The van der Waals surface area contributed by atoms with E-state index in [1.807, 2.05) is 30.3 Å². The highest BCUT2D eigenvalue weighted by molar-refractivity contribution is 5.54. The van der Waals surface area contributed by atoms with E-state index in [1.54, 1.807) is 24.3 Å². The first-order valence-corrected chi connectivity index (χ1v) is 5.97. The summed E-state index contributed by atoms with van der Waals surface area (Å²) in [5.41, 5.74) is 1.94. The van der Waals surface area contributed by atoms with E-state index in [4.69, 9.17) is 4.52 Å². The van der Waals surface area contributed by atoms with Gasteiger partial charge in [0.25, 0.3) is 5.89 Å². The van der Waals surface area contributed by atoms with E-state index < -0.39 is 0 Å². The third kappa shape index (κ3) is 2.63. The standard InChI is InChI=1S/C15H12N2O2/c18-13-8-6-12(7-9-13)15-16-14(17-19-15)10-11-4-2-1-3-5-11/h1-9,18H,10H2. The molecule has 19 heavy (non-hydrogen) atoms. The van der Waals surface area contributed by atoms with Crippen LogP contribution in [0.4, 0.5) is 0 Å². The number of hydrogen-bond acceptors (Lipinski definition) is 4. The van der Waals surface area contributed by atoms with Crippen LogP contribution in [0.25, 0.3) is 11.5 Å². The molecule has 0 aliphatic rings. The number of phenols is 1. The molecule has 0 fully saturated rings. The third-order valence-electron chi connectivity index (χ3n) is 2.79. The molecule has 0 radical (unpaired) electrons. The molecule has 0 bridgehead atoms. The zero-order chi connectivity index (χ0) is 13.1. The van der Waals surface area contributed by atoms with Gasteiger partial charge in [0, 0.05) is 12.0 Å². The van der Waals surface area contributed by atoms with Crippen molar-refractivity contribution in [3.05, 3.63) is 66.0 Å². The lowest BCUT2D eigenvalue weighted by Gasteiger charge is -1.95. The van der Waals surface area contributed by atoms with Gasteiger partial charge >= 0.3 is 0 Å². The molecule has 2 aromatic carbocycles. The summed E-state index contributed by atoms with van der Waals surface area (Å²) < 4.78 is 5.22. The second-order valence-electron chi connectivity index (χ2n) is 4.23. The molecule has 0 amide bonds. The van der Waals surface area contributed by atoms with E-state index in [9.17, 15) is 5.11 Å². The SMILES string of the molecule is Oc1ccc(-c2nc(Cc3ccccc3)no2)cc1. The van der Waals surface area contributed by atoms with Gasteiger partial charge in [0.15, 0.2) is 5.82 Å². The Bertz CT molecular complexity index is 660. The van der Waals surface area contributed by atoms with Crippen LogP contribution in [0.3, 0.4) is 0 Å². The zero-order valence-corrected chi connectivity index (χ0v) is 10.2. The third-order valence-corrected chi connectivity index (χ3v) is 2.79. The summed E-state index contributed by atoms with van der Waals surface area (Å²) in [5.74, 6) is 1.33. The Morgan fingerprint density at radius 3 is 2.42 bits per heavy atom. The molecule has 0 saturated heterocycles. The Kier molecular flexibility index (Phi) is 2.98. The molecule has 1 heterocycles. The lowest BCUT2D eigenvalue weighted by molar-refractivity contribution is 0.423. The molecule has 3 rings (SSSR count). The molecule has 4 heteroatoms. The van der Waals surface area contributed by atoms with Gasteiger partial charge in [0.2, 0.25) is 0 Å². The van der Waals surface area contributed by atoms with Crippen LogP contribution in [0.2, 0.25) is 0 Å². The van der Waals surface area contributed by atoms with Crippen molar-refractivity contribution >= 4 is 0 Å². The van der Waals surface area contributed by atoms with Crippen LogP contribution in [0.1, 0.15) is 11.4 Å². The molecular weight excluding hydrogens is 240 g/mol. The highest BCUT2D eigenvalue weighted by Crippen LogP contribution is 2.20. The first-order valence-electron chi connectivity index (χ1n) is 5.97. The largest absolute Gasteiger partial charge is 0.508 e. The predicted octanol–water partition coefficient (Wildman–Crippen LogP) is 3.03. The Morgan fingerprint density at radius 2 is 1.68 bits per heavy atom. The van der Waals surface area contributed by atoms with E-state index in [2.05, 4.69) is 10.1 Å². The smallest absolute Gasteiger partial charge is 0.257 e. The average molecular weight is 252 g/mol. The summed E-state index contributed by atoms with van der Waals surface area (Å²) in [5, 5.41) is 13.2. The lowest BCUT2D eigenvalue weighted by atomic mass is 10.1. The molecule has 0 atom stereocenters. The minimum atomic E-state index is 0.216. The van der Waals surface area contributed by atoms with Crippen molar-refractivity contribution in [1.29, 1.82) is 0 Å². The van der Waals surface area contributed by atoms with Crippen LogP contribution in [-0.2, 0) is 6.42 Å². The summed E-state index contributed by atoms with van der Waals surface area (Å²) in [6, 6.07) is 16.7. The number of nitrogens with zero attached hydrogens (tertiary/aromatic N) is 2. The predicted molar refractivity (Wildman–Crippen MR) is 70.6 cm³/mol. The van der Waals surface area contributed by atoms with E-state index in [-0.39, 0.29) is 5.75 Å². The van der Waals surface area contributed by atoms with Gasteiger partial charge in [-0.05, 0) is 29.8 Å². The molecule has 1 aromatic heterocycles. The van der Waals surface area contributed by atoms with Crippen LogP contribution in [0.5, 0.6) is 5.75 Å². The highest BCUT2D eigenvalue weighted by atomic mass is 16.5. The van der Waals surface area contributed by atoms with Crippen LogP contribution >= 0.6 is 0 Å². The van der Waals surface area contributed by atoms with Crippen LogP contribution in [0.15, 0.2) is 59.1 Å². The lowest BCUT2D eigenvalue weighted by Crippen LogP contribution is -1.90. The molecule has 4 nitrogen and oxygen atoms in total. The van der Waals surface area contributed by atoms with Crippen molar-refractivity contribution in [3.8, 4) is 17.2 Å². The van der Waals surface area contributed by atoms with Crippen LogP contribution in [0, 0.1) is 0 Å². The Balaban J connectivity index is 1.82. The molecule has 94 valence electrons. The number of hydrogen-bond donors (Lipinski definition) is 1. The zero-order valence-electron chi connectivity index (χ0n) is 10.2.